The van der Waals surface area contributed by atoms with Crippen LogP contribution in [0.3, 0.4) is 0 Å². The van der Waals surface area contributed by atoms with Crippen LogP contribution in [0.4, 0.5) is 5.69 Å². The number of benzene rings is 1. The molecule has 0 aliphatic carbocycles. The standard InChI is InChI=1S/C12H17N3O3/c1-18-12-8-11(15(16)17)3-2-10(12)9-14-6-4-13-5-7-14/h2-3,8,13H,4-7,9H2,1H3. The molecule has 0 radical (unpaired) electrons. The van der Waals surface area contributed by atoms with Gasteiger partial charge in [0.05, 0.1) is 18.1 Å². The molecule has 1 N–H and O–H groups in total. The first-order chi connectivity index (χ1) is 8.70. The van der Waals surface area contributed by atoms with Crippen molar-refractivity contribution in [2.45, 2.75) is 6.54 Å². The predicted octanol–water partition coefficient (Wildman–Crippen LogP) is 1.01. The summed E-state index contributed by atoms with van der Waals surface area (Å²) in [7, 11) is 1.54. The first kappa shape index (κ1) is 12.8. The van der Waals surface area contributed by atoms with Crippen LogP contribution in [0.25, 0.3) is 0 Å². The van der Waals surface area contributed by atoms with E-state index >= 15 is 0 Å². The zero-order chi connectivity index (χ0) is 13.0. The number of methoxy groups -OCH3 is 1. The molecule has 0 aromatic heterocycles. The lowest BCUT2D eigenvalue weighted by molar-refractivity contribution is -0.384. The fourth-order valence-electron chi connectivity index (χ4n) is 2.09. The second-order valence-corrected chi connectivity index (χ2v) is 4.28. The molecule has 1 saturated heterocycles. The van der Waals surface area contributed by atoms with E-state index in [-0.39, 0.29) is 5.69 Å². The number of nitrogens with zero attached hydrogens (tertiary/aromatic N) is 2. The molecule has 2 rings (SSSR count). The Labute approximate surface area is 106 Å². The second kappa shape index (κ2) is 5.79. The van der Waals surface area contributed by atoms with E-state index in [1.165, 1.54) is 12.1 Å². The molecule has 1 aliphatic heterocycles. The molecule has 6 heteroatoms. The van der Waals surface area contributed by atoms with E-state index in [2.05, 4.69) is 10.2 Å². The van der Waals surface area contributed by atoms with Crippen molar-refractivity contribution >= 4 is 5.69 Å². The molecule has 1 aromatic rings. The number of rotatable bonds is 4. The van der Waals surface area contributed by atoms with Crippen molar-refractivity contribution in [2.24, 2.45) is 0 Å². The quantitative estimate of drug-likeness (QED) is 0.639. The molecule has 0 spiro atoms. The van der Waals surface area contributed by atoms with Crippen LogP contribution in [-0.2, 0) is 6.54 Å². The third kappa shape index (κ3) is 2.96. The second-order valence-electron chi connectivity index (χ2n) is 4.28. The third-order valence-corrected chi connectivity index (χ3v) is 3.09. The number of hydrogen-bond donors (Lipinski definition) is 1. The van der Waals surface area contributed by atoms with E-state index in [9.17, 15) is 10.1 Å². The van der Waals surface area contributed by atoms with Crippen molar-refractivity contribution in [3.05, 3.63) is 33.9 Å². The summed E-state index contributed by atoms with van der Waals surface area (Å²) in [6.07, 6.45) is 0. The van der Waals surface area contributed by atoms with Gasteiger partial charge < -0.3 is 10.1 Å². The van der Waals surface area contributed by atoms with Crippen LogP contribution < -0.4 is 10.1 Å². The molecular weight excluding hydrogens is 234 g/mol. The molecule has 1 aliphatic rings. The van der Waals surface area contributed by atoms with Crippen LogP contribution >= 0.6 is 0 Å². The van der Waals surface area contributed by atoms with Gasteiger partial charge in [-0.25, -0.2) is 0 Å². The van der Waals surface area contributed by atoms with Gasteiger partial charge in [-0.2, -0.15) is 0 Å². The van der Waals surface area contributed by atoms with Crippen molar-refractivity contribution in [1.29, 1.82) is 0 Å². The van der Waals surface area contributed by atoms with E-state index in [1.807, 2.05) is 0 Å². The Balaban J connectivity index is 2.13. The highest BCUT2D eigenvalue weighted by atomic mass is 16.6. The van der Waals surface area contributed by atoms with Crippen molar-refractivity contribution in [3.63, 3.8) is 0 Å². The molecular formula is C12H17N3O3. The third-order valence-electron chi connectivity index (χ3n) is 3.09. The van der Waals surface area contributed by atoms with Gasteiger partial charge in [-0.3, -0.25) is 15.0 Å². The number of piperazine rings is 1. The molecule has 6 nitrogen and oxygen atoms in total. The fraction of sp³-hybridized carbons (Fsp3) is 0.500. The van der Waals surface area contributed by atoms with E-state index in [0.717, 1.165) is 38.3 Å². The first-order valence-corrected chi connectivity index (χ1v) is 5.95. The number of ether oxygens (including phenoxy) is 1. The molecule has 0 amide bonds. The topological polar surface area (TPSA) is 67.6 Å². The van der Waals surface area contributed by atoms with Gasteiger partial charge in [-0.05, 0) is 6.07 Å². The van der Waals surface area contributed by atoms with Crippen LogP contribution in [0.2, 0.25) is 0 Å². The zero-order valence-electron chi connectivity index (χ0n) is 10.4. The van der Waals surface area contributed by atoms with Gasteiger partial charge in [0.2, 0.25) is 0 Å². The molecule has 18 heavy (non-hydrogen) atoms. The summed E-state index contributed by atoms with van der Waals surface area (Å²) in [5.41, 5.74) is 1.06. The summed E-state index contributed by atoms with van der Waals surface area (Å²) in [5.74, 6) is 0.586. The summed E-state index contributed by atoms with van der Waals surface area (Å²) >= 11 is 0. The maximum Gasteiger partial charge on any atom is 0.273 e. The Morgan fingerprint density at radius 3 is 2.78 bits per heavy atom. The SMILES string of the molecule is COc1cc([N+](=O)[O-])ccc1CN1CCNCC1. The smallest absolute Gasteiger partial charge is 0.273 e. The van der Waals surface area contributed by atoms with Gasteiger partial charge in [-0.15, -0.1) is 0 Å². The fourth-order valence-corrected chi connectivity index (χ4v) is 2.09. The molecule has 98 valence electrons. The first-order valence-electron chi connectivity index (χ1n) is 5.95. The van der Waals surface area contributed by atoms with Crippen molar-refractivity contribution in [3.8, 4) is 5.75 Å². The highest BCUT2D eigenvalue weighted by molar-refractivity contribution is 5.44. The van der Waals surface area contributed by atoms with Crippen LogP contribution in [0.1, 0.15) is 5.56 Å². The van der Waals surface area contributed by atoms with Crippen molar-refractivity contribution in [1.82, 2.24) is 10.2 Å². The summed E-state index contributed by atoms with van der Waals surface area (Å²) in [6, 6.07) is 4.79. The average Bonchev–Trinajstić information content (AvgIpc) is 2.40. The van der Waals surface area contributed by atoms with E-state index in [0.29, 0.717) is 5.75 Å². The van der Waals surface area contributed by atoms with Crippen molar-refractivity contribution < 1.29 is 9.66 Å². The lowest BCUT2D eigenvalue weighted by Gasteiger charge is -2.27. The van der Waals surface area contributed by atoms with Crippen LogP contribution in [0, 0.1) is 10.1 Å². The van der Waals surface area contributed by atoms with Crippen molar-refractivity contribution in [2.75, 3.05) is 33.3 Å². The molecule has 0 unspecified atom stereocenters. The molecule has 1 fully saturated rings. The molecule has 0 saturated carbocycles. The molecule has 0 bridgehead atoms. The largest absolute Gasteiger partial charge is 0.496 e. The van der Waals surface area contributed by atoms with E-state index in [1.54, 1.807) is 13.2 Å². The highest BCUT2D eigenvalue weighted by Gasteiger charge is 2.15. The predicted molar refractivity (Wildman–Crippen MR) is 67.8 cm³/mol. The average molecular weight is 251 g/mol. The lowest BCUT2D eigenvalue weighted by Crippen LogP contribution is -2.42. The number of nitro groups is 1. The molecule has 1 aromatic carbocycles. The van der Waals surface area contributed by atoms with E-state index in [4.69, 9.17) is 4.74 Å². The Bertz CT molecular complexity index is 431. The van der Waals surface area contributed by atoms with Gasteiger partial charge in [0.15, 0.2) is 0 Å². The maximum atomic E-state index is 10.7. The zero-order valence-corrected chi connectivity index (χ0v) is 10.4. The van der Waals surface area contributed by atoms with Crippen LogP contribution in [0.15, 0.2) is 18.2 Å². The Hall–Kier alpha value is -1.66. The van der Waals surface area contributed by atoms with Crippen LogP contribution in [0.5, 0.6) is 5.75 Å². The summed E-state index contributed by atoms with van der Waals surface area (Å²) in [5, 5.41) is 14.0. The Kier molecular flexibility index (Phi) is 4.11. The monoisotopic (exact) mass is 251 g/mol. The van der Waals surface area contributed by atoms with Gasteiger partial charge in [0.1, 0.15) is 5.75 Å². The summed E-state index contributed by atoms with van der Waals surface area (Å²) < 4.78 is 5.23. The van der Waals surface area contributed by atoms with E-state index < -0.39 is 4.92 Å². The minimum atomic E-state index is -0.406. The number of hydrogen-bond acceptors (Lipinski definition) is 5. The van der Waals surface area contributed by atoms with Gasteiger partial charge >= 0.3 is 0 Å². The number of non-ortho nitro benzene ring substituents is 1. The highest BCUT2D eigenvalue weighted by Crippen LogP contribution is 2.25. The van der Waals surface area contributed by atoms with Crippen LogP contribution in [-0.4, -0.2) is 43.1 Å². The number of nitro benzene ring substituents is 1. The Morgan fingerprint density at radius 2 is 2.17 bits per heavy atom. The lowest BCUT2D eigenvalue weighted by atomic mass is 10.1. The normalized spacial score (nSPS) is 16.5. The summed E-state index contributed by atoms with van der Waals surface area (Å²) in [4.78, 5) is 12.6. The van der Waals surface area contributed by atoms with Gasteiger partial charge in [0.25, 0.3) is 5.69 Å². The maximum absolute atomic E-state index is 10.7. The summed E-state index contributed by atoms with van der Waals surface area (Å²) in [6.45, 7) is 4.70. The van der Waals surface area contributed by atoms with Gasteiger partial charge in [0, 0.05) is 44.4 Å². The Morgan fingerprint density at radius 1 is 1.44 bits per heavy atom. The number of nitrogens with one attached hydrogen (secondary N) is 1. The molecule has 1 heterocycles. The minimum Gasteiger partial charge on any atom is -0.496 e. The minimum absolute atomic E-state index is 0.0657. The molecule has 0 atom stereocenters. The van der Waals surface area contributed by atoms with Gasteiger partial charge in [-0.1, -0.05) is 0 Å².